The number of rotatable bonds is 10. The Labute approximate surface area is 218 Å². The monoisotopic (exact) mass is 558 g/mol. The lowest BCUT2D eigenvalue weighted by atomic mass is 9.94. The average molecular weight is 559 g/mol. The van der Waals surface area contributed by atoms with Crippen LogP contribution in [0, 0.1) is 17.7 Å². The third-order valence-corrected chi connectivity index (χ3v) is 6.28. The number of anilines is 2. The number of halogens is 5. The lowest BCUT2D eigenvalue weighted by Crippen LogP contribution is -2.20. The minimum atomic E-state index is -4.86. The number of carboxylic acids is 1. The molecular weight excluding hydrogens is 536 g/mol. The molecule has 0 spiro atoms. The molecule has 3 aromatic rings. The van der Waals surface area contributed by atoms with Gasteiger partial charge in [-0.15, -0.1) is 11.3 Å². The number of hydrogen-bond donors (Lipinski definition) is 3. The number of aromatic nitrogens is 2. The Balaban J connectivity index is 1.69. The fourth-order valence-electron chi connectivity index (χ4n) is 3.66. The molecule has 7 nitrogen and oxygen atoms in total. The second-order valence-corrected chi connectivity index (χ2v) is 9.95. The maximum Gasteiger partial charge on any atom is 0.419 e. The Bertz CT molecular complexity index is 1280. The second-order valence-electron chi connectivity index (χ2n) is 8.69. The van der Waals surface area contributed by atoms with Crippen LogP contribution in [-0.4, -0.2) is 33.5 Å². The van der Waals surface area contributed by atoms with Crippen LogP contribution < -0.4 is 10.6 Å². The lowest BCUT2D eigenvalue weighted by molar-refractivity contribution is -0.140. The first kappa shape index (κ1) is 28.3. The maximum atomic E-state index is 14.4. The highest BCUT2D eigenvalue weighted by Crippen LogP contribution is 2.36. The summed E-state index contributed by atoms with van der Waals surface area (Å²) in [4.78, 5) is 31.9. The standard InChI is InChI=1S/C24H23ClF4N4O3S/c1-12(2)6-13(7-19(34)35)9-30-21-17(25)8-14(10-31-21)22(36)33-23-32-18(11-37-23)15-4-3-5-16(20(15)26)24(27,28)29/h3-5,8,10-13H,6-7,9H2,1-2H3,(H,30,31)(H,34,35)(H,32,33,36)/t13-/m1/s1. The van der Waals surface area contributed by atoms with Crippen LogP contribution in [0.25, 0.3) is 11.3 Å². The van der Waals surface area contributed by atoms with Gasteiger partial charge in [0.15, 0.2) is 5.13 Å². The second kappa shape index (κ2) is 11.9. The molecule has 1 aromatic carbocycles. The molecule has 0 aliphatic carbocycles. The Hall–Kier alpha value is -3.25. The summed E-state index contributed by atoms with van der Waals surface area (Å²) in [6, 6.07) is 4.25. The van der Waals surface area contributed by atoms with Crippen molar-refractivity contribution in [2.24, 2.45) is 11.8 Å². The Kier molecular flexibility index (Phi) is 9.08. The SMILES string of the molecule is CC(C)C[C@@H](CNc1ncc(C(=O)Nc2nc(-c3cccc(C(F)(F)F)c3F)cs2)cc1Cl)CC(=O)O. The van der Waals surface area contributed by atoms with Crippen LogP contribution in [0.5, 0.6) is 0 Å². The molecule has 13 heteroatoms. The molecule has 0 saturated heterocycles. The van der Waals surface area contributed by atoms with Crippen molar-refractivity contribution in [3.05, 3.63) is 57.8 Å². The molecule has 198 valence electrons. The normalized spacial score (nSPS) is 12.4. The van der Waals surface area contributed by atoms with Gasteiger partial charge in [-0.05, 0) is 36.5 Å². The number of thiazole rings is 1. The van der Waals surface area contributed by atoms with Crippen LogP contribution >= 0.6 is 22.9 Å². The smallest absolute Gasteiger partial charge is 0.419 e. The molecule has 3 rings (SSSR count). The molecule has 1 amide bonds. The van der Waals surface area contributed by atoms with E-state index >= 15 is 0 Å². The summed E-state index contributed by atoms with van der Waals surface area (Å²) in [5.74, 6) is -2.53. The molecular formula is C24H23ClF4N4O3S. The van der Waals surface area contributed by atoms with E-state index in [4.69, 9.17) is 16.7 Å². The van der Waals surface area contributed by atoms with Crippen molar-refractivity contribution in [3.63, 3.8) is 0 Å². The highest BCUT2D eigenvalue weighted by atomic mass is 35.5. The van der Waals surface area contributed by atoms with E-state index in [1.807, 2.05) is 13.8 Å². The van der Waals surface area contributed by atoms with Gasteiger partial charge in [0.25, 0.3) is 5.91 Å². The van der Waals surface area contributed by atoms with E-state index in [1.54, 1.807) is 0 Å². The summed E-state index contributed by atoms with van der Waals surface area (Å²) in [5.41, 5.74) is -1.72. The number of amides is 1. The van der Waals surface area contributed by atoms with E-state index in [0.29, 0.717) is 24.9 Å². The van der Waals surface area contributed by atoms with Gasteiger partial charge >= 0.3 is 12.1 Å². The molecule has 0 aliphatic rings. The third kappa shape index (κ3) is 7.62. The first-order valence-electron chi connectivity index (χ1n) is 11.1. The van der Waals surface area contributed by atoms with Crippen LogP contribution in [0.1, 0.15) is 42.6 Å². The molecule has 0 bridgehead atoms. The minimum absolute atomic E-state index is 0.0104. The molecule has 2 heterocycles. The number of nitrogens with zero attached hydrogens (tertiary/aromatic N) is 2. The summed E-state index contributed by atoms with van der Waals surface area (Å²) < 4.78 is 53.4. The summed E-state index contributed by atoms with van der Waals surface area (Å²) in [6.45, 7) is 4.32. The van der Waals surface area contributed by atoms with Crippen molar-refractivity contribution in [2.75, 3.05) is 17.2 Å². The number of carboxylic acid groups (broad SMARTS) is 1. The quantitative estimate of drug-likeness (QED) is 0.236. The van der Waals surface area contributed by atoms with Crippen LogP contribution in [-0.2, 0) is 11.0 Å². The van der Waals surface area contributed by atoms with Gasteiger partial charge in [0.05, 0.1) is 21.8 Å². The van der Waals surface area contributed by atoms with E-state index in [1.165, 1.54) is 23.7 Å². The fourth-order valence-corrected chi connectivity index (χ4v) is 4.60. The van der Waals surface area contributed by atoms with Gasteiger partial charge in [0.2, 0.25) is 0 Å². The maximum absolute atomic E-state index is 14.4. The minimum Gasteiger partial charge on any atom is -0.481 e. The lowest BCUT2D eigenvalue weighted by Gasteiger charge is -2.18. The number of carbonyl (C=O) groups is 2. The molecule has 3 N–H and O–H groups in total. The average Bonchev–Trinajstić information content (AvgIpc) is 3.24. The highest BCUT2D eigenvalue weighted by molar-refractivity contribution is 7.14. The summed E-state index contributed by atoms with van der Waals surface area (Å²) in [6.07, 6.45) is -2.91. The van der Waals surface area contributed by atoms with Gasteiger partial charge in [0.1, 0.15) is 11.6 Å². The number of pyridine rings is 1. The molecule has 2 aromatic heterocycles. The Morgan fingerprint density at radius 3 is 2.59 bits per heavy atom. The number of carbonyl (C=O) groups excluding carboxylic acids is 1. The van der Waals surface area contributed by atoms with Gasteiger partial charge in [0, 0.05) is 30.1 Å². The number of nitrogens with one attached hydrogen (secondary N) is 2. The highest BCUT2D eigenvalue weighted by Gasteiger charge is 2.35. The first-order chi connectivity index (χ1) is 17.3. The fraction of sp³-hybridized carbons (Fsp3) is 0.333. The van der Waals surface area contributed by atoms with Crippen molar-refractivity contribution < 1.29 is 32.3 Å². The molecule has 0 aliphatic heterocycles. The molecule has 0 radical (unpaired) electrons. The topological polar surface area (TPSA) is 104 Å². The van der Waals surface area contributed by atoms with E-state index in [0.717, 1.165) is 17.4 Å². The predicted octanol–water partition coefficient (Wildman–Crippen LogP) is 6.82. The third-order valence-electron chi connectivity index (χ3n) is 5.23. The van der Waals surface area contributed by atoms with Crippen molar-refractivity contribution in [1.29, 1.82) is 0 Å². The number of hydrogen-bond acceptors (Lipinski definition) is 6. The predicted molar refractivity (Wildman–Crippen MR) is 133 cm³/mol. The zero-order chi connectivity index (χ0) is 27.3. The summed E-state index contributed by atoms with van der Waals surface area (Å²) in [5, 5.41) is 16.1. The zero-order valence-electron chi connectivity index (χ0n) is 19.7. The molecule has 37 heavy (non-hydrogen) atoms. The Morgan fingerprint density at radius 2 is 1.97 bits per heavy atom. The van der Waals surface area contributed by atoms with Crippen LogP contribution in [0.4, 0.5) is 28.5 Å². The number of benzene rings is 1. The molecule has 0 saturated carbocycles. The molecule has 0 unspecified atom stereocenters. The van der Waals surface area contributed by atoms with Crippen LogP contribution in [0.3, 0.4) is 0 Å². The van der Waals surface area contributed by atoms with E-state index in [9.17, 15) is 27.2 Å². The van der Waals surface area contributed by atoms with Crippen molar-refractivity contribution in [3.8, 4) is 11.3 Å². The van der Waals surface area contributed by atoms with Crippen molar-refractivity contribution in [1.82, 2.24) is 9.97 Å². The number of aliphatic carboxylic acids is 1. The van der Waals surface area contributed by atoms with Crippen molar-refractivity contribution >= 4 is 45.8 Å². The van der Waals surface area contributed by atoms with E-state index in [2.05, 4.69) is 20.6 Å². The van der Waals surface area contributed by atoms with Crippen LogP contribution in [0.15, 0.2) is 35.8 Å². The van der Waals surface area contributed by atoms with Gasteiger partial charge in [-0.3, -0.25) is 14.9 Å². The van der Waals surface area contributed by atoms with E-state index in [-0.39, 0.29) is 45.1 Å². The first-order valence-corrected chi connectivity index (χ1v) is 12.3. The Morgan fingerprint density at radius 1 is 1.24 bits per heavy atom. The van der Waals surface area contributed by atoms with E-state index < -0.39 is 29.4 Å². The summed E-state index contributed by atoms with van der Waals surface area (Å²) in [7, 11) is 0. The number of alkyl halides is 3. The molecule has 0 fully saturated rings. The van der Waals surface area contributed by atoms with Gasteiger partial charge in [-0.1, -0.05) is 31.5 Å². The molecule has 1 atom stereocenters. The van der Waals surface area contributed by atoms with Gasteiger partial charge in [-0.2, -0.15) is 13.2 Å². The van der Waals surface area contributed by atoms with Crippen LogP contribution in [0.2, 0.25) is 5.02 Å². The zero-order valence-corrected chi connectivity index (χ0v) is 21.3. The van der Waals surface area contributed by atoms with Crippen molar-refractivity contribution in [2.45, 2.75) is 32.9 Å². The van der Waals surface area contributed by atoms with Gasteiger partial charge in [-0.25, -0.2) is 14.4 Å². The van der Waals surface area contributed by atoms with Gasteiger partial charge < -0.3 is 10.4 Å². The summed E-state index contributed by atoms with van der Waals surface area (Å²) >= 11 is 7.17. The largest absolute Gasteiger partial charge is 0.481 e.